The molecular weight excluding hydrogens is 249 g/mol. The summed E-state index contributed by atoms with van der Waals surface area (Å²) in [5, 5.41) is 26.6. The third-order valence-corrected chi connectivity index (χ3v) is 1.89. The van der Waals surface area contributed by atoms with Crippen molar-refractivity contribution in [1.29, 1.82) is 0 Å². The predicted molar refractivity (Wildman–Crippen MR) is 37.3 cm³/mol. The van der Waals surface area contributed by atoms with E-state index in [0.717, 1.165) is 6.92 Å². The van der Waals surface area contributed by atoms with Crippen LogP contribution in [0.5, 0.6) is 0 Å². The van der Waals surface area contributed by atoms with E-state index in [1.54, 1.807) is 0 Å². The number of hydrogen-bond donors (Lipinski definition) is 3. The summed E-state index contributed by atoms with van der Waals surface area (Å²) in [6.07, 6.45) is -1.64. The Morgan fingerprint density at radius 3 is 2.13 bits per heavy atom. The molecule has 0 amide bonds. The average Bonchev–Trinajstić information content (AvgIpc) is 1.98. The molecule has 10 heteroatoms. The van der Waals surface area contributed by atoms with Crippen LogP contribution < -0.4 is 68.9 Å². The minimum absolute atomic E-state index is 0. The molecular formula is C5H11Na2O7P. The maximum absolute atomic E-state index is 9.95. The summed E-state index contributed by atoms with van der Waals surface area (Å²) in [5.41, 5.74) is -1.89. The first-order valence-electron chi connectivity index (χ1n) is 3.37. The Balaban J connectivity index is -0.000000720. The molecule has 0 spiro atoms. The van der Waals surface area contributed by atoms with Crippen LogP contribution in [-0.4, -0.2) is 40.2 Å². The molecule has 0 unspecified atom stereocenters. The molecule has 0 aliphatic heterocycles. The summed E-state index contributed by atoms with van der Waals surface area (Å²) in [6.45, 7) is -0.584. The number of phosphoric ester groups is 1. The predicted octanol–water partition coefficient (Wildman–Crippen LogP) is -9.06. The Hall–Kier alpha value is 1.99. The van der Waals surface area contributed by atoms with Gasteiger partial charge < -0.3 is 34.2 Å². The maximum atomic E-state index is 9.95. The molecule has 0 aliphatic rings. The van der Waals surface area contributed by atoms with Crippen LogP contribution >= 0.6 is 7.82 Å². The van der Waals surface area contributed by atoms with Gasteiger partial charge in [-0.2, -0.15) is 0 Å². The van der Waals surface area contributed by atoms with Crippen molar-refractivity contribution in [2.75, 3.05) is 13.2 Å². The Kier molecular flexibility index (Phi) is 13.3. The molecule has 2 atom stereocenters. The minimum atomic E-state index is -5.15. The third-order valence-electron chi connectivity index (χ3n) is 1.43. The number of aliphatic hydroxyl groups excluding tert-OH is 2. The van der Waals surface area contributed by atoms with E-state index in [1.807, 2.05) is 0 Å². The molecule has 0 heterocycles. The Morgan fingerprint density at radius 2 is 1.87 bits per heavy atom. The summed E-state index contributed by atoms with van der Waals surface area (Å²) in [7, 11) is -5.15. The first-order chi connectivity index (χ1) is 5.69. The molecule has 0 fully saturated rings. The average molecular weight is 260 g/mol. The van der Waals surface area contributed by atoms with Crippen LogP contribution in [0.2, 0.25) is 0 Å². The normalized spacial score (nSPS) is 16.9. The number of hydrogen-bond acceptors (Lipinski definition) is 7. The molecule has 0 rings (SSSR count). The first-order valence-corrected chi connectivity index (χ1v) is 4.83. The minimum Gasteiger partial charge on any atom is -0.790 e. The van der Waals surface area contributed by atoms with E-state index in [-0.39, 0.29) is 59.1 Å². The van der Waals surface area contributed by atoms with E-state index in [0.29, 0.717) is 0 Å². The number of phosphoric acid groups is 1. The molecule has 80 valence electrons. The van der Waals surface area contributed by atoms with Crippen molar-refractivity contribution < 1.29 is 93.3 Å². The fourth-order valence-corrected chi connectivity index (χ4v) is 0.771. The fourth-order valence-electron chi connectivity index (χ4n) is 0.447. The van der Waals surface area contributed by atoms with Crippen LogP contribution in [0, 0.1) is 0 Å². The van der Waals surface area contributed by atoms with Crippen molar-refractivity contribution in [3.05, 3.63) is 0 Å². The zero-order valence-electron chi connectivity index (χ0n) is 8.91. The fraction of sp³-hybridized carbons (Fsp3) is 1.00. The van der Waals surface area contributed by atoms with E-state index in [2.05, 4.69) is 4.52 Å². The van der Waals surface area contributed by atoms with Crippen molar-refractivity contribution in [1.82, 2.24) is 0 Å². The van der Waals surface area contributed by atoms with Gasteiger partial charge in [-0.05, 0) is 6.92 Å². The molecule has 0 saturated heterocycles. The van der Waals surface area contributed by atoms with Gasteiger partial charge in [0.2, 0.25) is 0 Å². The van der Waals surface area contributed by atoms with Gasteiger partial charge in [0, 0.05) is 0 Å². The Labute approximate surface area is 132 Å². The quantitative estimate of drug-likeness (QED) is 0.330. The van der Waals surface area contributed by atoms with E-state index in [4.69, 9.17) is 15.3 Å². The first kappa shape index (κ1) is 22.2. The van der Waals surface area contributed by atoms with Gasteiger partial charge in [0.05, 0.1) is 21.0 Å². The third kappa shape index (κ3) is 10.8. The van der Waals surface area contributed by atoms with Crippen molar-refractivity contribution in [3.63, 3.8) is 0 Å². The van der Waals surface area contributed by atoms with Gasteiger partial charge in [0.15, 0.2) is 0 Å². The standard InChI is InChI=1S/C5H13O7P.2Na/c1-5(8,3-6)4(7)2-12-13(9,10)11;;/h4,6-8H,2-3H2,1H3,(H2,9,10,11);;/q;2*+1/p-2/t4-,5+;;/m1../s1. The Morgan fingerprint density at radius 1 is 1.47 bits per heavy atom. The zero-order valence-corrected chi connectivity index (χ0v) is 13.8. The second-order valence-corrected chi connectivity index (χ2v) is 3.93. The van der Waals surface area contributed by atoms with Gasteiger partial charge in [0.25, 0.3) is 0 Å². The van der Waals surface area contributed by atoms with Crippen molar-refractivity contribution in [3.8, 4) is 0 Å². The summed E-state index contributed by atoms with van der Waals surface area (Å²) >= 11 is 0. The maximum Gasteiger partial charge on any atom is 1.00 e. The summed E-state index contributed by atoms with van der Waals surface area (Å²) in [5.74, 6) is 0. The molecule has 0 aromatic heterocycles. The van der Waals surface area contributed by atoms with E-state index >= 15 is 0 Å². The van der Waals surface area contributed by atoms with Crippen LogP contribution in [0.3, 0.4) is 0 Å². The van der Waals surface area contributed by atoms with Gasteiger partial charge in [-0.25, -0.2) is 0 Å². The monoisotopic (exact) mass is 260 g/mol. The molecule has 15 heavy (non-hydrogen) atoms. The van der Waals surface area contributed by atoms with Gasteiger partial charge in [0.1, 0.15) is 11.7 Å². The molecule has 3 N–H and O–H groups in total. The zero-order chi connectivity index (χ0) is 10.7. The summed E-state index contributed by atoms with van der Waals surface area (Å²) < 4.78 is 13.6. The van der Waals surface area contributed by atoms with Crippen LogP contribution in [0.15, 0.2) is 0 Å². The molecule has 0 aliphatic carbocycles. The van der Waals surface area contributed by atoms with Crippen molar-refractivity contribution in [2.45, 2.75) is 18.6 Å². The molecule has 0 radical (unpaired) electrons. The Bertz CT molecular complexity index is 206. The van der Waals surface area contributed by atoms with Crippen molar-refractivity contribution in [2.24, 2.45) is 0 Å². The van der Waals surface area contributed by atoms with Crippen LogP contribution in [-0.2, 0) is 9.09 Å². The van der Waals surface area contributed by atoms with Crippen LogP contribution in [0.1, 0.15) is 6.92 Å². The number of rotatable bonds is 5. The molecule has 7 nitrogen and oxygen atoms in total. The second-order valence-electron chi connectivity index (χ2n) is 2.77. The summed E-state index contributed by atoms with van der Waals surface area (Å²) in [4.78, 5) is 19.9. The topological polar surface area (TPSA) is 133 Å². The molecule has 0 saturated carbocycles. The van der Waals surface area contributed by atoms with E-state index < -0.39 is 32.7 Å². The van der Waals surface area contributed by atoms with E-state index in [1.165, 1.54) is 0 Å². The molecule has 0 aromatic rings. The van der Waals surface area contributed by atoms with Crippen LogP contribution in [0.25, 0.3) is 0 Å². The summed E-state index contributed by atoms with van der Waals surface area (Å²) in [6, 6.07) is 0. The van der Waals surface area contributed by atoms with Gasteiger partial charge in [-0.3, -0.25) is 0 Å². The number of aliphatic hydroxyl groups is 3. The van der Waals surface area contributed by atoms with Crippen molar-refractivity contribution >= 4 is 7.82 Å². The molecule has 0 aromatic carbocycles. The smallest absolute Gasteiger partial charge is 0.790 e. The van der Waals surface area contributed by atoms with Gasteiger partial charge >= 0.3 is 59.1 Å². The SMILES string of the molecule is C[C@](O)(CO)[C@H](O)COP(=O)([O-])[O-].[Na+].[Na+]. The van der Waals surface area contributed by atoms with Crippen LogP contribution in [0.4, 0.5) is 0 Å². The van der Waals surface area contributed by atoms with E-state index in [9.17, 15) is 14.4 Å². The molecule has 0 bridgehead atoms. The second kappa shape index (κ2) is 8.99. The largest absolute Gasteiger partial charge is 1.00 e. The van der Waals surface area contributed by atoms with Gasteiger partial charge in [-0.15, -0.1) is 0 Å². The van der Waals surface area contributed by atoms with Gasteiger partial charge in [-0.1, -0.05) is 0 Å².